The van der Waals surface area contributed by atoms with Crippen molar-refractivity contribution in [3.05, 3.63) is 18.4 Å². The van der Waals surface area contributed by atoms with Crippen LogP contribution in [0.1, 0.15) is 27.2 Å². The Kier molecular flexibility index (Phi) is 5.44. The molecule has 1 amide bonds. The van der Waals surface area contributed by atoms with Crippen LogP contribution in [0.5, 0.6) is 0 Å². The fraction of sp³-hybridized carbons (Fsp3) is 0.500. The van der Waals surface area contributed by atoms with Gasteiger partial charge in [-0.1, -0.05) is 18.7 Å². The van der Waals surface area contributed by atoms with Crippen LogP contribution >= 0.6 is 11.8 Å². The monoisotopic (exact) mass is 308 g/mol. The van der Waals surface area contributed by atoms with Crippen LogP contribution in [0.4, 0.5) is 0 Å². The lowest BCUT2D eigenvalue weighted by Crippen LogP contribution is -2.33. The van der Waals surface area contributed by atoms with Crippen LogP contribution < -0.4 is 5.32 Å². The maximum atomic E-state index is 11.8. The minimum atomic E-state index is 0.0135. The Balaban J connectivity index is 2.03. The Morgan fingerprint density at radius 2 is 2.29 bits per heavy atom. The minimum absolute atomic E-state index is 0.0135. The predicted octanol–water partition coefficient (Wildman–Crippen LogP) is 2.56. The Morgan fingerprint density at radius 3 is 2.90 bits per heavy atom. The standard InChI is InChI=1S/C14H20N4O2S/c1-4-10(3)15-12(19)9-21-14-17-16-13(18(14)5-2)11-7-6-8-20-11/h6-8,10H,4-5,9H2,1-3H3,(H,15,19)/t10-/m0/s1. The Hall–Kier alpha value is -1.76. The molecule has 0 aliphatic carbocycles. The van der Waals surface area contributed by atoms with Gasteiger partial charge in [0.25, 0.3) is 0 Å². The van der Waals surface area contributed by atoms with Crippen molar-refractivity contribution in [2.45, 2.75) is 44.9 Å². The van der Waals surface area contributed by atoms with E-state index in [1.165, 1.54) is 11.8 Å². The number of aromatic nitrogens is 3. The molecule has 2 aromatic heterocycles. The molecule has 0 fully saturated rings. The molecule has 114 valence electrons. The number of carbonyl (C=O) groups excluding carboxylic acids is 1. The molecule has 2 heterocycles. The first-order chi connectivity index (χ1) is 10.2. The third-order valence-electron chi connectivity index (χ3n) is 3.13. The van der Waals surface area contributed by atoms with Crippen LogP contribution in [-0.2, 0) is 11.3 Å². The molecular weight excluding hydrogens is 288 g/mol. The van der Waals surface area contributed by atoms with Gasteiger partial charge in [0.1, 0.15) is 0 Å². The Labute approximate surface area is 128 Å². The van der Waals surface area contributed by atoms with Crippen LogP contribution in [0.25, 0.3) is 11.6 Å². The summed E-state index contributed by atoms with van der Waals surface area (Å²) in [4.78, 5) is 11.8. The van der Waals surface area contributed by atoms with Gasteiger partial charge in [-0.05, 0) is 32.4 Å². The molecule has 0 saturated heterocycles. The quantitative estimate of drug-likeness (QED) is 0.796. The molecule has 0 spiro atoms. The van der Waals surface area contributed by atoms with E-state index in [2.05, 4.69) is 15.5 Å². The number of hydrogen-bond donors (Lipinski definition) is 1. The number of thioether (sulfide) groups is 1. The summed E-state index contributed by atoms with van der Waals surface area (Å²) in [6, 6.07) is 3.86. The lowest BCUT2D eigenvalue weighted by Gasteiger charge is -2.11. The van der Waals surface area contributed by atoms with E-state index >= 15 is 0 Å². The van der Waals surface area contributed by atoms with Gasteiger partial charge >= 0.3 is 0 Å². The second kappa shape index (κ2) is 7.31. The van der Waals surface area contributed by atoms with E-state index in [9.17, 15) is 4.79 Å². The van der Waals surface area contributed by atoms with Crippen molar-refractivity contribution in [3.63, 3.8) is 0 Å². The Morgan fingerprint density at radius 1 is 1.48 bits per heavy atom. The number of furan rings is 1. The third kappa shape index (κ3) is 3.87. The van der Waals surface area contributed by atoms with Crippen LogP contribution in [-0.4, -0.2) is 32.5 Å². The van der Waals surface area contributed by atoms with Crippen molar-refractivity contribution in [2.24, 2.45) is 0 Å². The van der Waals surface area contributed by atoms with Crippen molar-refractivity contribution >= 4 is 17.7 Å². The molecule has 0 aromatic carbocycles. The summed E-state index contributed by atoms with van der Waals surface area (Å²) < 4.78 is 7.30. The van der Waals surface area contributed by atoms with E-state index in [1.807, 2.05) is 37.5 Å². The fourth-order valence-electron chi connectivity index (χ4n) is 1.82. The molecule has 1 atom stereocenters. The number of rotatable bonds is 7. The zero-order valence-corrected chi connectivity index (χ0v) is 13.3. The van der Waals surface area contributed by atoms with Crippen LogP contribution in [0.3, 0.4) is 0 Å². The molecule has 0 bridgehead atoms. The number of hydrogen-bond acceptors (Lipinski definition) is 5. The van der Waals surface area contributed by atoms with Crippen molar-refractivity contribution in [2.75, 3.05) is 5.75 Å². The first-order valence-electron chi connectivity index (χ1n) is 7.04. The van der Waals surface area contributed by atoms with Crippen LogP contribution in [0, 0.1) is 0 Å². The largest absolute Gasteiger partial charge is 0.461 e. The van der Waals surface area contributed by atoms with E-state index in [-0.39, 0.29) is 11.9 Å². The first kappa shape index (κ1) is 15.6. The molecule has 2 rings (SSSR count). The van der Waals surface area contributed by atoms with Crippen molar-refractivity contribution < 1.29 is 9.21 Å². The lowest BCUT2D eigenvalue weighted by atomic mass is 10.3. The van der Waals surface area contributed by atoms with Crippen molar-refractivity contribution in [1.29, 1.82) is 0 Å². The summed E-state index contributed by atoms with van der Waals surface area (Å²) in [6.45, 7) is 6.77. The highest BCUT2D eigenvalue weighted by Gasteiger charge is 2.16. The molecule has 0 unspecified atom stereocenters. The van der Waals surface area contributed by atoms with Crippen LogP contribution in [0.2, 0.25) is 0 Å². The van der Waals surface area contributed by atoms with Gasteiger partial charge in [-0.3, -0.25) is 9.36 Å². The van der Waals surface area contributed by atoms with Gasteiger partial charge < -0.3 is 9.73 Å². The smallest absolute Gasteiger partial charge is 0.230 e. The normalized spacial score (nSPS) is 12.3. The third-order valence-corrected chi connectivity index (χ3v) is 4.09. The number of nitrogens with zero attached hydrogens (tertiary/aromatic N) is 3. The summed E-state index contributed by atoms with van der Waals surface area (Å²) in [5, 5.41) is 12.0. The van der Waals surface area contributed by atoms with Crippen LogP contribution in [0.15, 0.2) is 28.0 Å². The van der Waals surface area contributed by atoms with Gasteiger partial charge in [0.05, 0.1) is 12.0 Å². The molecule has 1 N–H and O–H groups in total. The molecule has 0 aliphatic rings. The second-order valence-electron chi connectivity index (χ2n) is 4.69. The average molecular weight is 308 g/mol. The molecule has 0 aliphatic heterocycles. The van der Waals surface area contributed by atoms with Gasteiger partial charge in [0.15, 0.2) is 16.7 Å². The van der Waals surface area contributed by atoms with E-state index < -0.39 is 0 Å². The van der Waals surface area contributed by atoms with Gasteiger partial charge in [0, 0.05) is 12.6 Å². The number of nitrogens with one attached hydrogen (secondary N) is 1. The summed E-state index contributed by atoms with van der Waals surface area (Å²) in [6.07, 6.45) is 2.53. The molecule has 0 saturated carbocycles. The maximum Gasteiger partial charge on any atom is 0.230 e. The molecule has 6 nitrogen and oxygen atoms in total. The first-order valence-corrected chi connectivity index (χ1v) is 8.03. The number of carbonyl (C=O) groups is 1. The molecule has 2 aromatic rings. The summed E-state index contributed by atoms with van der Waals surface area (Å²) in [5.41, 5.74) is 0. The molecule has 7 heteroatoms. The summed E-state index contributed by atoms with van der Waals surface area (Å²) in [7, 11) is 0. The highest BCUT2D eigenvalue weighted by Crippen LogP contribution is 2.24. The van der Waals surface area contributed by atoms with Crippen molar-refractivity contribution in [1.82, 2.24) is 20.1 Å². The summed E-state index contributed by atoms with van der Waals surface area (Å²) in [5.74, 6) is 1.72. The highest BCUT2D eigenvalue weighted by atomic mass is 32.2. The SMILES string of the molecule is CC[C@H](C)NC(=O)CSc1nnc(-c2ccco2)n1CC. The fourth-order valence-corrected chi connectivity index (χ4v) is 2.63. The van der Waals surface area contributed by atoms with E-state index in [4.69, 9.17) is 4.42 Å². The van der Waals surface area contributed by atoms with Gasteiger partial charge in [-0.25, -0.2) is 0 Å². The van der Waals surface area contributed by atoms with Gasteiger partial charge in [0.2, 0.25) is 5.91 Å². The zero-order chi connectivity index (χ0) is 15.2. The number of amides is 1. The molecule has 21 heavy (non-hydrogen) atoms. The topological polar surface area (TPSA) is 73.0 Å². The van der Waals surface area contributed by atoms with Gasteiger partial charge in [-0.2, -0.15) is 0 Å². The van der Waals surface area contributed by atoms with E-state index in [1.54, 1.807) is 6.26 Å². The van der Waals surface area contributed by atoms with Crippen molar-refractivity contribution in [3.8, 4) is 11.6 Å². The zero-order valence-electron chi connectivity index (χ0n) is 12.5. The lowest BCUT2D eigenvalue weighted by molar-refractivity contribution is -0.119. The predicted molar refractivity (Wildman–Crippen MR) is 82.0 cm³/mol. The van der Waals surface area contributed by atoms with Gasteiger partial charge in [-0.15, -0.1) is 10.2 Å². The summed E-state index contributed by atoms with van der Waals surface area (Å²) >= 11 is 1.39. The Bertz CT molecular complexity index is 580. The van der Waals surface area contributed by atoms with E-state index in [0.717, 1.165) is 18.1 Å². The minimum Gasteiger partial charge on any atom is -0.461 e. The highest BCUT2D eigenvalue weighted by molar-refractivity contribution is 7.99. The maximum absolute atomic E-state index is 11.8. The average Bonchev–Trinajstić information content (AvgIpc) is 3.13. The second-order valence-corrected chi connectivity index (χ2v) is 5.64. The van der Waals surface area contributed by atoms with E-state index in [0.29, 0.717) is 17.3 Å². The molecule has 0 radical (unpaired) electrons. The molecular formula is C14H20N4O2S.